The number of hydrogen-bond acceptors (Lipinski definition) is 4. The molecule has 0 fully saturated rings. The Hall–Kier alpha value is -2.84. The van der Waals surface area contributed by atoms with Gasteiger partial charge in [-0.05, 0) is 11.6 Å². The fraction of sp³-hybridized carbons (Fsp3) is 0.118. The molecule has 0 spiro atoms. The van der Waals surface area contributed by atoms with Crippen molar-refractivity contribution < 1.29 is 0 Å². The Morgan fingerprint density at radius 1 is 1.26 bits per heavy atom. The van der Waals surface area contributed by atoms with Crippen LogP contribution in [0.5, 0.6) is 0 Å². The second-order valence-electron chi connectivity index (χ2n) is 5.05. The highest BCUT2D eigenvalue weighted by molar-refractivity contribution is 6.33. The van der Waals surface area contributed by atoms with Crippen LogP contribution in [-0.4, -0.2) is 14.5 Å². The third-order valence-electron chi connectivity index (χ3n) is 3.50. The molecule has 1 N–H and O–H groups in total. The summed E-state index contributed by atoms with van der Waals surface area (Å²) in [4.78, 5) is 8.68. The summed E-state index contributed by atoms with van der Waals surface area (Å²) in [6, 6.07) is 13.4. The lowest BCUT2D eigenvalue weighted by molar-refractivity contribution is 0.745. The highest BCUT2D eigenvalue weighted by Gasteiger charge is 2.19. The van der Waals surface area contributed by atoms with Crippen molar-refractivity contribution in [3.8, 4) is 6.07 Å². The van der Waals surface area contributed by atoms with Crippen LogP contribution in [0.2, 0.25) is 5.02 Å². The molecule has 0 aliphatic rings. The Morgan fingerprint density at radius 2 is 2.04 bits per heavy atom. The number of benzene rings is 1. The van der Waals surface area contributed by atoms with Crippen LogP contribution in [0, 0.1) is 11.3 Å². The van der Waals surface area contributed by atoms with Crippen LogP contribution >= 0.6 is 11.6 Å². The Kier molecular flexibility index (Phi) is 4.26. The van der Waals surface area contributed by atoms with Crippen molar-refractivity contribution in [3.05, 3.63) is 77.0 Å². The SMILES string of the molecule is Cn1ccnc1[C@@H](Nc1ncc(C#N)cc1Cl)c1ccccc1. The lowest BCUT2D eigenvalue weighted by Gasteiger charge is -2.20. The van der Waals surface area contributed by atoms with Gasteiger partial charge in [-0.15, -0.1) is 0 Å². The molecule has 1 atom stereocenters. The predicted octanol–water partition coefficient (Wildman–Crippen LogP) is 3.54. The number of anilines is 1. The molecule has 1 aromatic carbocycles. The molecule has 0 saturated carbocycles. The molecule has 0 radical (unpaired) electrons. The molecule has 114 valence electrons. The van der Waals surface area contributed by atoms with E-state index >= 15 is 0 Å². The van der Waals surface area contributed by atoms with Gasteiger partial charge >= 0.3 is 0 Å². The first-order valence-corrected chi connectivity index (χ1v) is 7.41. The largest absolute Gasteiger partial charge is 0.355 e. The van der Waals surface area contributed by atoms with Gasteiger partial charge in [0.05, 0.1) is 10.6 Å². The molecular weight excluding hydrogens is 310 g/mol. The first-order chi connectivity index (χ1) is 11.2. The summed E-state index contributed by atoms with van der Waals surface area (Å²) < 4.78 is 1.95. The first kappa shape index (κ1) is 15.1. The first-order valence-electron chi connectivity index (χ1n) is 7.03. The highest BCUT2D eigenvalue weighted by atomic mass is 35.5. The van der Waals surface area contributed by atoms with E-state index in [1.165, 1.54) is 6.20 Å². The zero-order valence-corrected chi connectivity index (χ0v) is 13.2. The second kappa shape index (κ2) is 6.51. The third kappa shape index (κ3) is 3.17. The summed E-state index contributed by atoms with van der Waals surface area (Å²) >= 11 is 6.24. The molecule has 5 nitrogen and oxygen atoms in total. The van der Waals surface area contributed by atoms with E-state index in [0.29, 0.717) is 16.4 Å². The average Bonchev–Trinajstić information content (AvgIpc) is 3.00. The maximum atomic E-state index is 8.92. The molecule has 0 unspecified atom stereocenters. The minimum absolute atomic E-state index is 0.200. The number of aromatic nitrogens is 3. The van der Waals surface area contributed by atoms with E-state index in [4.69, 9.17) is 16.9 Å². The molecule has 23 heavy (non-hydrogen) atoms. The summed E-state index contributed by atoms with van der Waals surface area (Å²) in [5, 5.41) is 12.6. The summed E-state index contributed by atoms with van der Waals surface area (Å²) in [5.74, 6) is 1.36. The molecule has 0 aliphatic heterocycles. The van der Waals surface area contributed by atoms with Gasteiger partial charge in [0.25, 0.3) is 0 Å². The van der Waals surface area contributed by atoms with Crippen molar-refractivity contribution in [1.82, 2.24) is 14.5 Å². The highest BCUT2D eigenvalue weighted by Crippen LogP contribution is 2.28. The van der Waals surface area contributed by atoms with Crippen molar-refractivity contribution in [3.63, 3.8) is 0 Å². The van der Waals surface area contributed by atoms with Crippen LogP contribution in [0.25, 0.3) is 0 Å². The minimum Gasteiger partial charge on any atom is -0.355 e. The quantitative estimate of drug-likeness (QED) is 0.797. The van der Waals surface area contributed by atoms with Gasteiger partial charge < -0.3 is 9.88 Å². The number of nitriles is 1. The lowest BCUT2D eigenvalue weighted by Crippen LogP contribution is -2.17. The maximum Gasteiger partial charge on any atom is 0.145 e. The fourth-order valence-electron chi connectivity index (χ4n) is 2.34. The second-order valence-corrected chi connectivity index (χ2v) is 5.46. The van der Waals surface area contributed by atoms with Crippen molar-refractivity contribution >= 4 is 17.4 Å². The van der Waals surface area contributed by atoms with Crippen LogP contribution < -0.4 is 5.32 Å². The molecule has 3 aromatic rings. The molecule has 2 aromatic heterocycles. The summed E-state index contributed by atoms with van der Waals surface area (Å²) in [7, 11) is 1.94. The van der Waals surface area contributed by atoms with Gasteiger partial charge in [0, 0.05) is 25.6 Å². The Morgan fingerprint density at radius 3 is 2.65 bits per heavy atom. The van der Waals surface area contributed by atoms with Crippen LogP contribution in [0.4, 0.5) is 5.82 Å². The molecule has 6 heteroatoms. The zero-order valence-electron chi connectivity index (χ0n) is 12.4. The average molecular weight is 324 g/mol. The van der Waals surface area contributed by atoms with Crippen LogP contribution in [0.15, 0.2) is 55.0 Å². The molecule has 0 bridgehead atoms. The van der Waals surface area contributed by atoms with Gasteiger partial charge in [0.15, 0.2) is 0 Å². The van der Waals surface area contributed by atoms with E-state index < -0.39 is 0 Å². The van der Waals surface area contributed by atoms with Crippen molar-refractivity contribution in [2.24, 2.45) is 7.05 Å². The van der Waals surface area contributed by atoms with Crippen LogP contribution in [-0.2, 0) is 7.05 Å². The maximum absolute atomic E-state index is 8.92. The number of imidazole rings is 1. The lowest BCUT2D eigenvalue weighted by atomic mass is 10.1. The van der Waals surface area contributed by atoms with Crippen molar-refractivity contribution in [2.45, 2.75) is 6.04 Å². The van der Waals surface area contributed by atoms with Gasteiger partial charge in [0.1, 0.15) is 23.8 Å². The number of pyridine rings is 1. The molecule has 2 heterocycles. The van der Waals surface area contributed by atoms with E-state index in [2.05, 4.69) is 15.3 Å². The van der Waals surface area contributed by atoms with E-state index in [-0.39, 0.29) is 6.04 Å². The van der Waals surface area contributed by atoms with Crippen molar-refractivity contribution in [2.75, 3.05) is 5.32 Å². The number of nitrogens with one attached hydrogen (secondary N) is 1. The molecule has 0 saturated heterocycles. The predicted molar refractivity (Wildman–Crippen MR) is 89.1 cm³/mol. The normalized spacial score (nSPS) is 11.7. The third-order valence-corrected chi connectivity index (χ3v) is 3.79. The van der Waals surface area contributed by atoms with Crippen LogP contribution in [0.3, 0.4) is 0 Å². The molecule has 3 rings (SSSR count). The molecule has 0 amide bonds. The number of halogens is 1. The smallest absolute Gasteiger partial charge is 0.145 e. The fourth-order valence-corrected chi connectivity index (χ4v) is 2.56. The van der Waals surface area contributed by atoms with Gasteiger partial charge in [-0.3, -0.25) is 0 Å². The number of rotatable bonds is 4. The monoisotopic (exact) mass is 323 g/mol. The van der Waals surface area contributed by atoms with Gasteiger partial charge in [-0.25, -0.2) is 9.97 Å². The van der Waals surface area contributed by atoms with E-state index in [0.717, 1.165) is 11.4 Å². The topological polar surface area (TPSA) is 66.5 Å². The zero-order chi connectivity index (χ0) is 16.2. The van der Waals surface area contributed by atoms with Gasteiger partial charge in [-0.1, -0.05) is 41.9 Å². The summed E-state index contributed by atoms with van der Waals surface area (Å²) in [5.41, 5.74) is 1.47. The minimum atomic E-state index is -0.200. The Balaban J connectivity index is 2.01. The number of hydrogen-bond donors (Lipinski definition) is 1. The van der Waals surface area contributed by atoms with E-state index in [1.807, 2.05) is 54.2 Å². The summed E-state index contributed by atoms with van der Waals surface area (Å²) in [6.45, 7) is 0. The number of nitrogens with zero attached hydrogens (tertiary/aromatic N) is 4. The summed E-state index contributed by atoms with van der Waals surface area (Å²) in [6.07, 6.45) is 5.14. The standard InChI is InChI=1S/C17H14ClN5/c1-23-8-7-20-17(23)15(13-5-3-2-4-6-13)22-16-14(18)9-12(10-19)11-21-16/h2-9,11,15H,1H3,(H,21,22)/t15-/m0/s1. The molecule has 0 aliphatic carbocycles. The Labute approximate surface area is 139 Å². The van der Waals surface area contributed by atoms with Gasteiger partial charge in [0.2, 0.25) is 0 Å². The van der Waals surface area contributed by atoms with Crippen molar-refractivity contribution in [1.29, 1.82) is 5.26 Å². The number of aryl methyl sites for hydroxylation is 1. The van der Waals surface area contributed by atoms with Crippen LogP contribution in [0.1, 0.15) is 23.0 Å². The van der Waals surface area contributed by atoms with E-state index in [1.54, 1.807) is 12.3 Å². The molecular formula is C17H14ClN5. The Bertz CT molecular complexity index is 851. The van der Waals surface area contributed by atoms with Gasteiger partial charge in [-0.2, -0.15) is 5.26 Å². The van der Waals surface area contributed by atoms with E-state index in [9.17, 15) is 0 Å².